The largest absolute Gasteiger partial charge is 0.489 e. The third kappa shape index (κ3) is 4.61. The topological polar surface area (TPSA) is 102 Å². The maximum Gasteiger partial charge on any atom is 0.305 e. The van der Waals surface area contributed by atoms with Crippen molar-refractivity contribution in [2.75, 3.05) is 19.7 Å². The summed E-state index contributed by atoms with van der Waals surface area (Å²) in [6, 6.07) is 7.96. The number of ether oxygens (including phenoxy) is 1. The summed E-state index contributed by atoms with van der Waals surface area (Å²) < 4.78 is 18.2. The van der Waals surface area contributed by atoms with E-state index < -0.39 is 5.97 Å². The standard InChI is InChI=1S/C22H29FN2O4/c23-13-16(14-24)15-29-18-3-1-17(2-4-18)21-6-9-22(10-7-21,11-8-21)20(28)25-12-5-19(26)27/h1-4,13H,5-12,14-15,24H2,(H,25,28)(H,26,27). The number of amides is 1. The first-order chi connectivity index (χ1) is 13.9. The third-order valence-corrected chi connectivity index (χ3v) is 6.66. The highest BCUT2D eigenvalue weighted by Crippen LogP contribution is 2.57. The number of carbonyl (C=O) groups is 2. The number of carboxylic acid groups (broad SMARTS) is 1. The van der Waals surface area contributed by atoms with Gasteiger partial charge in [0, 0.05) is 24.1 Å². The quantitative estimate of drug-likeness (QED) is 0.587. The van der Waals surface area contributed by atoms with Crippen LogP contribution >= 0.6 is 0 Å². The van der Waals surface area contributed by atoms with Gasteiger partial charge in [-0.1, -0.05) is 12.1 Å². The van der Waals surface area contributed by atoms with Gasteiger partial charge in [0.1, 0.15) is 12.4 Å². The van der Waals surface area contributed by atoms with Crippen LogP contribution < -0.4 is 15.8 Å². The summed E-state index contributed by atoms with van der Waals surface area (Å²) in [5, 5.41) is 11.6. The zero-order valence-electron chi connectivity index (χ0n) is 16.6. The first-order valence-electron chi connectivity index (χ1n) is 10.1. The van der Waals surface area contributed by atoms with Gasteiger partial charge in [-0.05, 0) is 61.6 Å². The van der Waals surface area contributed by atoms with Crippen LogP contribution in [0.25, 0.3) is 0 Å². The number of carbonyl (C=O) groups excluding carboxylic acids is 1. The molecule has 3 fully saturated rings. The molecule has 4 N–H and O–H groups in total. The maximum absolute atomic E-state index is 12.7. The fourth-order valence-corrected chi connectivity index (χ4v) is 4.65. The Morgan fingerprint density at radius 1 is 1.14 bits per heavy atom. The highest BCUT2D eigenvalue weighted by molar-refractivity contribution is 5.83. The van der Waals surface area contributed by atoms with Crippen molar-refractivity contribution in [3.63, 3.8) is 0 Å². The lowest BCUT2D eigenvalue weighted by atomic mass is 9.51. The third-order valence-electron chi connectivity index (χ3n) is 6.66. The number of fused-ring (bicyclic) bond motifs is 3. The number of benzene rings is 1. The van der Waals surface area contributed by atoms with Gasteiger partial charge in [-0.2, -0.15) is 0 Å². The van der Waals surface area contributed by atoms with Crippen LogP contribution in [-0.2, 0) is 15.0 Å². The van der Waals surface area contributed by atoms with Crippen molar-refractivity contribution in [1.29, 1.82) is 0 Å². The van der Waals surface area contributed by atoms with Gasteiger partial charge in [0.25, 0.3) is 0 Å². The minimum absolute atomic E-state index is 0.00687. The molecule has 0 radical (unpaired) electrons. The molecule has 7 heteroatoms. The Kier molecular flexibility index (Phi) is 6.57. The van der Waals surface area contributed by atoms with E-state index in [4.69, 9.17) is 15.6 Å². The van der Waals surface area contributed by atoms with Crippen molar-refractivity contribution in [3.05, 3.63) is 41.7 Å². The van der Waals surface area contributed by atoms with Crippen molar-refractivity contribution in [1.82, 2.24) is 5.32 Å². The molecule has 0 heterocycles. The highest BCUT2D eigenvalue weighted by atomic mass is 19.1. The SMILES string of the molecule is NCC(=CF)COc1ccc(C23CCC(C(=O)NCCC(=O)O)(CC2)CC3)cc1. The average Bonchev–Trinajstić information content (AvgIpc) is 2.76. The van der Waals surface area contributed by atoms with Gasteiger partial charge in [-0.3, -0.25) is 9.59 Å². The summed E-state index contributed by atoms with van der Waals surface area (Å²) in [7, 11) is 0. The van der Waals surface area contributed by atoms with Crippen molar-refractivity contribution < 1.29 is 23.8 Å². The van der Waals surface area contributed by atoms with E-state index in [-0.39, 0.29) is 42.9 Å². The molecule has 29 heavy (non-hydrogen) atoms. The van der Waals surface area contributed by atoms with Gasteiger partial charge >= 0.3 is 5.97 Å². The minimum Gasteiger partial charge on any atom is -0.489 e. The van der Waals surface area contributed by atoms with Gasteiger partial charge < -0.3 is 20.9 Å². The molecule has 1 aromatic rings. The molecule has 0 aromatic heterocycles. The zero-order valence-corrected chi connectivity index (χ0v) is 16.6. The van der Waals surface area contributed by atoms with E-state index in [1.165, 1.54) is 5.56 Å². The van der Waals surface area contributed by atoms with Crippen LogP contribution in [0.1, 0.15) is 50.5 Å². The second-order valence-corrected chi connectivity index (χ2v) is 8.24. The molecule has 158 valence electrons. The van der Waals surface area contributed by atoms with Gasteiger partial charge in [0.05, 0.1) is 12.8 Å². The Labute approximate surface area is 170 Å². The summed E-state index contributed by atoms with van der Waals surface area (Å²) in [6.45, 7) is 0.451. The monoisotopic (exact) mass is 404 g/mol. The first-order valence-corrected chi connectivity index (χ1v) is 10.1. The Balaban J connectivity index is 1.59. The summed E-state index contributed by atoms with van der Waals surface area (Å²) in [5.41, 5.74) is 6.84. The second kappa shape index (κ2) is 8.95. The first kappa shape index (κ1) is 21.3. The molecule has 0 unspecified atom stereocenters. The van der Waals surface area contributed by atoms with Crippen LogP contribution in [0, 0.1) is 5.41 Å². The number of aliphatic carboxylic acids is 1. The molecule has 1 amide bonds. The molecule has 1 aromatic carbocycles. The molecule has 0 aliphatic heterocycles. The minimum atomic E-state index is -0.901. The van der Waals surface area contributed by atoms with E-state index >= 15 is 0 Å². The Bertz CT molecular complexity index is 751. The molecule has 6 nitrogen and oxygen atoms in total. The molecule has 3 aliphatic carbocycles. The molecular formula is C22H29FN2O4. The number of rotatable bonds is 9. The lowest BCUT2D eigenvalue weighted by molar-refractivity contribution is -0.139. The maximum atomic E-state index is 12.7. The van der Waals surface area contributed by atoms with Crippen LogP contribution in [0.3, 0.4) is 0 Å². The fourth-order valence-electron chi connectivity index (χ4n) is 4.65. The molecule has 0 atom stereocenters. The Hall–Kier alpha value is -2.41. The van der Waals surface area contributed by atoms with Crippen LogP contribution in [0.5, 0.6) is 5.75 Å². The van der Waals surface area contributed by atoms with Crippen molar-refractivity contribution in [3.8, 4) is 5.75 Å². The molecule has 3 saturated carbocycles. The molecule has 2 bridgehead atoms. The highest BCUT2D eigenvalue weighted by Gasteiger charge is 2.52. The number of nitrogens with two attached hydrogens (primary N) is 1. The predicted molar refractivity (Wildman–Crippen MR) is 107 cm³/mol. The number of nitrogens with one attached hydrogen (secondary N) is 1. The number of carboxylic acids is 1. The molecule has 0 spiro atoms. The summed E-state index contributed by atoms with van der Waals surface area (Å²) in [5.74, 6) is -0.217. The van der Waals surface area contributed by atoms with E-state index in [2.05, 4.69) is 17.4 Å². The van der Waals surface area contributed by atoms with Crippen molar-refractivity contribution in [2.24, 2.45) is 11.1 Å². The van der Waals surface area contributed by atoms with Gasteiger partial charge in [0.2, 0.25) is 5.91 Å². The van der Waals surface area contributed by atoms with Crippen LogP contribution in [-0.4, -0.2) is 36.7 Å². The smallest absolute Gasteiger partial charge is 0.305 e. The summed E-state index contributed by atoms with van der Waals surface area (Å²) in [6.07, 6.45) is 5.75. The van der Waals surface area contributed by atoms with E-state index in [1.807, 2.05) is 12.1 Å². The van der Waals surface area contributed by atoms with E-state index in [0.717, 1.165) is 38.5 Å². The summed E-state index contributed by atoms with van der Waals surface area (Å²) in [4.78, 5) is 23.3. The average molecular weight is 404 g/mol. The number of hydrogen-bond donors (Lipinski definition) is 3. The predicted octanol–water partition coefficient (Wildman–Crippen LogP) is 3.06. The number of halogens is 1. The number of hydrogen-bond acceptors (Lipinski definition) is 4. The van der Waals surface area contributed by atoms with Crippen LogP contribution in [0.15, 0.2) is 36.2 Å². The zero-order chi connectivity index (χ0) is 20.9. The van der Waals surface area contributed by atoms with E-state index in [9.17, 15) is 14.0 Å². The van der Waals surface area contributed by atoms with Crippen LogP contribution in [0.4, 0.5) is 4.39 Å². The second-order valence-electron chi connectivity index (χ2n) is 8.24. The lowest BCUT2D eigenvalue weighted by Gasteiger charge is -2.52. The summed E-state index contributed by atoms with van der Waals surface area (Å²) >= 11 is 0. The molecule has 3 aliphatic rings. The van der Waals surface area contributed by atoms with Gasteiger partial charge in [0.15, 0.2) is 0 Å². The van der Waals surface area contributed by atoms with E-state index in [1.54, 1.807) is 0 Å². The molecule has 0 saturated heterocycles. The Morgan fingerprint density at radius 2 is 1.76 bits per heavy atom. The van der Waals surface area contributed by atoms with Crippen LogP contribution in [0.2, 0.25) is 0 Å². The molecular weight excluding hydrogens is 375 g/mol. The normalized spacial score (nSPS) is 26.2. The van der Waals surface area contributed by atoms with Crippen molar-refractivity contribution in [2.45, 2.75) is 50.4 Å². The van der Waals surface area contributed by atoms with Gasteiger partial charge in [-0.25, -0.2) is 4.39 Å². The van der Waals surface area contributed by atoms with E-state index in [0.29, 0.717) is 17.7 Å². The fraction of sp³-hybridized carbons (Fsp3) is 0.545. The van der Waals surface area contributed by atoms with Gasteiger partial charge in [-0.15, -0.1) is 0 Å². The van der Waals surface area contributed by atoms with Crippen molar-refractivity contribution >= 4 is 11.9 Å². The molecule has 4 rings (SSSR count). The Morgan fingerprint density at radius 3 is 2.28 bits per heavy atom. The lowest BCUT2D eigenvalue weighted by Crippen LogP contribution is -2.51.